The van der Waals surface area contributed by atoms with Crippen molar-refractivity contribution >= 4 is 27.2 Å². The lowest BCUT2D eigenvalue weighted by Crippen LogP contribution is -2.48. The highest BCUT2D eigenvalue weighted by Gasteiger charge is 2.27. The zero-order valence-corrected chi connectivity index (χ0v) is 14.0. The molecule has 0 atom stereocenters. The Morgan fingerprint density at radius 3 is 2.61 bits per heavy atom. The molecule has 5 heteroatoms. The third-order valence-electron chi connectivity index (χ3n) is 4.61. The van der Waals surface area contributed by atoms with Crippen molar-refractivity contribution in [3.63, 3.8) is 0 Å². The van der Waals surface area contributed by atoms with Crippen molar-refractivity contribution in [3.8, 4) is 10.6 Å². The quantitative estimate of drug-likeness (QED) is 0.781. The summed E-state index contributed by atoms with van der Waals surface area (Å²) in [7, 11) is 0. The molecular formula is C18H20N4S. The third kappa shape index (κ3) is 2.82. The second kappa shape index (κ2) is 5.58. The average molecular weight is 324 g/mol. The topological polar surface area (TPSA) is 55.0 Å². The van der Waals surface area contributed by atoms with Gasteiger partial charge in [0.05, 0.1) is 0 Å². The number of nitrogens with zero attached hydrogens (tertiary/aromatic N) is 3. The number of hydrogen-bond acceptors (Lipinski definition) is 5. The van der Waals surface area contributed by atoms with Gasteiger partial charge in [0.2, 0.25) is 5.13 Å². The molecule has 1 fully saturated rings. The van der Waals surface area contributed by atoms with Crippen LogP contribution < -0.4 is 10.6 Å². The number of anilines is 1. The van der Waals surface area contributed by atoms with Crippen molar-refractivity contribution in [1.82, 2.24) is 10.2 Å². The van der Waals surface area contributed by atoms with E-state index in [-0.39, 0.29) is 5.54 Å². The first-order valence-electron chi connectivity index (χ1n) is 7.98. The zero-order chi connectivity index (χ0) is 15.9. The summed E-state index contributed by atoms with van der Waals surface area (Å²) in [6, 6.07) is 14.8. The van der Waals surface area contributed by atoms with Crippen LogP contribution in [-0.4, -0.2) is 28.8 Å². The monoisotopic (exact) mass is 324 g/mol. The van der Waals surface area contributed by atoms with E-state index in [0.29, 0.717) is 0 Å². The SMILES string of the molecule is CC1(N)CCN(c2nnc(-c3cccc4ccccc34)s2)CC1. The van der Waals surface area contributed by atoms with Crippen LogP contribution in [0.2, 0.25) is 0 Å². The van der Waals surface area contributed by atoms with Gasteiger partial charge >= 0.3 is 0 Å². The van der Waals surface area contributed by atoms with Gasteiger partial charge in [0.15, 0.2) is 0 Å². The third-order valence-corrected chi connectivity index (χ3v) is 5.63. The fraction of sp³-hybridized carbons (Fsp3) is 0.333. The van der Waals surface area contributed by atoms with Crippen molar-refractivity contribution in [2.24, 2.45) is 5.73 Å². The maximum atomic E-state index is 6.22. The maximum absolute atomic E-state index is 6.22. The van der Waals surface area contributed by atoms with Gasteiger partial charge in [-0.15, -0.1) is 10.2 Å². The van der Waals surface area contributed by atoms with Gasteiger partial charge < -0.3 is 10.6 Å². The molecule has 0 amide bonds. The predicted octanol–water partition coefficient (Wildman–Crippen LogP) is 3.68. The van der Waals surface area contributed by atoms with Crippen LogP contribution >= 0.6 is 11.3 Å². The van der Waals surface area contributed by atoms with Gasteiger partial charge in [0, 0.05) is 24.2 Å². The summed E-state index contributed by atoms with van der Waals surface area (Å²) >= 11 is 1.67. The van der Waals surface area contributed by atoms with Crippen molar-refractivity contribution in [3.05, 3.63) is 42.5 Å². The van der Waals surface area contributed by atoms with Crippen LogP contribution in [0, 0.1) is 0 Å². The van der Waals surface area contributed by atoms with Crippen molar-refractivity contribution in [2.75, 3.05) is 18.0 Å². The Morgan fingerprint density at radius 2 is 1.78 bits per heavy atom. The smallest absolute Gasteiger partial charge is 0.208 e. The Balaban J connectivity index is 1.65. The van der Waals surface area contributed by atoms with Gasteiger partial charge in [0.1, 0.15) is 5.01 Å². The second-order valence-electron chi connectivity index (χ2n) is 6.56. The summed E-state index contributed by atoms with van der Waals surface area (Å²) in [4.78, 5) is 2.31. The molecule has 1 aromatic heterocycles. The molecule has 0 saturated carbocycles. The van der Waals surface area contributed by atoms with E-state index >= 15 is 0 Å². The molecule has 4 rings (SSSR count). The average Bonchev–Trinajstić information content (AvgIpc) is 3.04. The van der Waals surface area contributed by atoms with Gasteiger partial charge in [-0.3, -0.25) is 0 Å². The van der Waals surface area contributed by atoms with Crippen molar-refractivity contribution in [2.45, 2.75) is 25.3 Å². The minimum atomic E-state index is -0.0420. The number of benzene rings is 2. The van der Waals surface area contributed by atoms with E-state index in [4.69, 9.17) is 5.73 Å². The van der Waals surface area contributed by atoms with Gasteiger partial charge in [-0.05, 0) is 30.5 Å². The summed E-state index contributed by atoms with van der Waals surface area (Å²) < 4.78 is 0. The molecule has 1 saturated heterocycles. The first-order valence-corrected chi connectivity index (χ1v) is 8.80. The summed E-state index contributed by atoms with van der Waals surface area (Å²) in [5, 5.41) is 13.3. The molecule has 0 aliphatic carbocycles. The van der Waals surface area contributed by atoms with Gasteiger partial charge in [-0.2, -0.15) is 0 Å². The Bertz CT molecular complexity index is 824. The number of fused-ring (bicyclic) bond motifs is 1. The van der Waals surface area contributed by atoms with E-state index in [1.165, 1.54) is 10.8 Å². The largest absolute Gasteiger partial charge is 0.347 e. The Kier molecular flexibility index (Phi) is 3.54. The number of hydrogen-bond donors (Lipinski definition) is 1. The van der Waals surface area contributed by atoms with Crippen LogP contribution in [0.4, 0.5) is 5.13 Å². The summed E-state index contributed by atoms with van der Waals surface area (Å²) in [5.74, 6) is 0. The van der Waals surface area contributed by atoms with Gasteiger partial charge in [-0.25, -0.2) is 0 Å². The first kappa shape index (κ1) is 14.6. The van der Waals surface area contributed by atoms with Crippen LogP contribution in [-0.2, 0) is 0 Å². The van der Waals surface area contributed by atoms with E-state index in [2.05, 4.69) is 64.5 Å². The van der Waals surface area contributed by atoms with E-state index < -0.39 is 0 Å². The molecule has 1 aliphatic rings. The molecule has 118 valence electrons. The number of aromatic nitrogens is 2. The fourth-order valence-electron chi connectivity index (χ4n) is 3.07. The van der Waals surface area contributed by atoms with Crippen LogP contribution in [0.25, 0.3) is 21.3 Å². The fourth-order valence-corrected chi connectivity index (χ4v) is 4.01. The summed E-state index contributed by atoms with van der Waals surface area (Å²) in [6.07, 6.45) is 1.99. The van der Waals surface area contributed by atoms with Crippen molar-refractivity contribution in [1.29, 1.82) is 0 Å². The number of nitrogens with two attached hydrogens (primary N) is 1. The molecule has 2 aromatic carbocycles. The molecule has 0 bridgehead atoms. The van der Waals surface area contributed by atoms with E-state index in [1.807, 2.05) is 0 Å². The summed E-state index contributed by atoms with van der Waals surface area (Å²) in [5.41, 5.74) is 7.34. The van der Waals surface area contributed by atoms with Gasteiger partial charge in [0.25, 0.3) is 0 Å². The van der Waals surface area contributed by atoms with E-state index in [1.54, 1.807) is 11.3 Å². The number of piperidine rings is 1. The first-order chi connectivity index (χ1) is 11.1. The highest BCUT2D eigenvalue weighted by molar-refractivity contribution is 7.18. The van der Waals surface area contributed by atoms with E-state index in [9.17, 15) is 0 Å². The van der Waals surface area contributed by atoms with Crippen LogP contribution in [0.3, 0.4) is 0 Å². The Labute approximate surface area is 140 Å². The lowest BCUT2D eigenvalue weighted by atomic mass is 9.91. The molecule has 2 N–H and O–H groups in total. The Morgan fingerprint density at radius 1 is 1.04 bits per heavy atom. The normalized spacial score (nSPS) is 17.6. The lowest BCUT2D eigenvalue weighted by Gasteiger charge is -2.36. The molecule has 0 spiro atoms. The zero-order valence-electron chi connectivity index (χ0n) is 13.2. The molecule has 4 nitrogen and oxygen atoms in total. The van der Waals surface area contributed by atoms with Crippen LogP contribution in [0.5, 0.6) is 0 Å². The van der Waals surface area contributed by atoms with Gasteiger partial charge in [-0.1, -0.05) is 53.8 Å². The van der Waals surface area contributed by atoms with Crippen LogP contribution in [0.15, 0.2) is 42.5 Å². The molecule has 3 aromatic rings. The minimum Gasteiger partial charge on any atom is -0.347 e. The van der Waals surface area contributed by atoms with Crippen molar-refractivity contribution < 1.29 is 0 Å². The predicted molar refractivity (Wildman–Crippen MR) is 96.9 cm³/mol. The molecule has 0 unspecified atom stereocenters. The molecule has 1 aliphatic heterocycles. The Hall–Kier alpha value is -1.98. The second-order valence-corrected chi connectivity index (χ2v) is 7.51. The van der Waals surface area contributed by atoms with Crippen LogP contribution in [0.1, 0.15) is 19.8 Å². The van der Waals surface area contributed by atoms with E-state index in [0.717, 1.165) is 41.6 Å². The minimum absolute atomic E-state index is 0.0420. The number of rotatable bonds is 2. The maximum Gasteiger partial charge on any atom is 0.208 e. The molecular weight excluding hydrogens is 304 g/mol. The molecule has 2 heterocycles. The molecule has 23 heavy (non-hydrogen) atoms. The lowest BCUT2D eigenvalue weighted by molar-refractivity contribution is 0.364. The standard InChI is InChI=1S/C18H20N4S/c1-18(19)9-11-22(12-10-18)17-21-20-16(23-17)15-8-4-6-13-5-2-3-7-14(13)15/h2-8H,9-12,19H2,1H3. The highest BCUT2D eigenvalue weighted by atomic mass is 32.1. The highest BCUT2D eigenvalue weighted by Crippen LogP contribution is 2.34. The summed E-state index contributed by atoms with van der Waals surface area (Å²) in [6.45, 7) is 4.04. The molecule has 0 radical (unpaired) electrons.